The number of nitrogens with one attached hydrogen (secondary N) is 1. The average Bonchev–Trinajstić information content (AvgIpc) is 3.50. The molecule has 0 fully saturated rings. The van der Waals surface area contributed by atoms with Crippen LogP contribution in [-0.2, 0) is 6.42 Å². The minimum absolute atomic E-state index is 0.553. The highest BCUT2D eigenvalue weighted by atomic mass is 15.5. The van der Waals surface area contributed by atoms with Crippen LogP contribution in [0.1, 0.15) is 12.6 Å². The second-order valence-corrected chi connectivity index (χ2v) is 6.81. The molecule has 0 spiro atoms. The van der Waals surface area contributed by atoms with E-state index in [4.69, 9.17) is 4.98 Å². The number of fused-ring (bicyclic) bond motifs is 1. The van der Waals surface area contributed by atoms with Gasteiger partial charge in [-0.1, -0.05) is 31.2 Å². The van der Waals surface area contributed by atoms with E-state index in [9.17, 15) is 0 Å². The maximum absolute atomic E-state index is 4.70. The summed E-state index contributed by atoms with van der Waals surface area (Å²) in [5.74, 6) is 2.27. The van der Waals surface area contributed by atoms with Crippen molar-refractivity contribution in [3.8, 4) is 22.5 Å². The number of hydrogen-bond acceptors (Lipinski definition) is 7. The van der Waals surface area contributed by atoms with Gasteiger partial charge in [-0.2, -0.15) is 14.8 Å². The maximum Gasteiger partial charge on any atom is 0.205 e. The van der Waals surface area contributed by atoms with E-state index in [0.717, 1.165) is 46.1 Å². The number of benzene rings is 1. The first-order valence-electron chi connectivity index (χ1n) is 9.61. The second kappa shape index (κ2) is 7.36. The van der Waals surface area contributed by atoms with Gasteiger partial charge in [0, 0.05) is 42.2 Å². The lowest BCUT2D eigenvalue weighted by Crippen LogP contribution is -2.16. The Morgan fingerprint density at radius 2 is 1.93 bits per heavy atom. The van der Waals surface area contributed by atoms with Crippen molar-refractivity contribution in [2.75, 3.05) is 11.9 Å². The van der Waals surface area contributed by atoms with Crippen LogP contribution in [0.4, 0.5) is 11.6 Å². The van der Waals surface area contributed by atoms with Gasteiger partial charge in [0.2, 0.25) is 5.82 Å². The van der Waals surface area contributed by atoms with Crippen molar-refractivity contribution in [1.29, 1.82) is 0 Å². The van der Waals surface area contributed by atoms with E-state index in [0.29, 0.717) is 5.82 Å². The number of aromatic nitrogens is 8. The molecule has 0 saturated carbocycles. The monoisotopic (exact) mass is 397 g/mol. The Hall–Kier alpha value is -4.14. The fraction of sp³-hybridized carbons (Fsp3) is 0.143. The van der Waals surface area contributed by atoms with Gasteiger partial charge in [0.05, 0.1) is 6.20 Å². The molecule has 148 valence electrons. The predicted molar refractivity (Wildman–Crippen MR) is 113 cm³/mol. The molecule has 0 amide bonds. The molecule has 0 aliphatic carbocycles. The fourth-order valence-electron chi connectivity index (χ4n) is 3.43. The zero-order valence-corrected chi connectivity index (χ0v) is 16.6. The van der Waals surface area contributed by atoms with E-state index in [1.807, 2.05) is 71.2 Å². The quantitative estimate of drug-likeness (QED) is 0.485. The second-order valence-electron chi connectivity index (χ2n) is 6.81. The number of hydrogen-bond donors (Lipinski definition) is 1. The molecular formula is C21H19N9. The van der Waals surface area contributed by atoms with Gasteiger partial charge in [-0.05, 0) is 29.3 Å². The molecule has 1 aromatic carbocycles. The molecule has 9 nitrogen and oxygen atoms in total. The van der Waals surface area contributed by atoms with Crippen LogP contribution in [-0.4, -0.2) is 47.3 Å². The molecule has 0 radical (unpaired) electrons. The third-order valence-electron chi connectivity index (χ3n) is 5.02. The highest BCUT2D eigenvalue weighted by Gasteiger charge is 2.14. The Morgan fingerprint density at radius 3 is 2.67 bits per heavy atom. The molecule has 4 aromatic heterocycles. The predicted octanol–water partition coefficient (Wildman–Crippen LogP) is 3.30. The zero-order chi connectivity index (χ0) is 20.5. The van der Waals surface area contributed by atoms with Crippen molar-refractivity contribution < 1.29 is 0 Å². The number of aryl methyl sites for hydroxylation is 1. The number of H-pyrrole nitrogens is 1. The van der Waals surface area contributed by atoms with Gasteiger partial charge in [0.15, 0.2) is 5.65 Å². The van der Waals surface area contributed by atoms with E-state index in [1.165, 1.54) is 0 Å². The molecule has 5 rings (SSSR count). The van der Waals surface area contributed by atoms with Crippen molar-refractivity contribution in [3.05, 3.63) is 66.6 Å². The Kier molecular flexibility index (Phi) is 4.40. The lowest BCUT2D eigenvalue weighted by Gasteiger charge is -2.20. The van der Waals surface area contributed by atoms with Crippen LogP contribution in [0, 0.1) is 0 Å². The fourth-order valence-corrected chi connectivity index (χ4v) is 3.43. The number of tetrazole rings is 1. The molecule has 0 atom stereocenters. The van der Waals surface area contributed by atoms with Crippen LogP contribution >= 0.6 is 0 Å². The molecule has 0 aliphatic heterocycles. The molecule has 5 aromatic rings. The number of rotatable bonds is 5. The standard InChI is InChI=1S/C21H19N9/c1-3-15-12-20(30-19(24-15)10-11-23-30)29(2)18-9-8-14(13-22-18)16-6-4-5-7-17(16)21-25-27-28-26-21/h4-13H,3H2,1-2H3,(H,25,26,27,28). The molecule has 0 aliphatic rings. The minimum atomic E-state index is 0.553. The summed E-state index contributed by atoms with van der Waals surface area (Å²) in [5, 5.41) is 18.8. The van der Waals surface area contributed by atoms with Crippen molar-refractivity contribution in [3.63, 3.8) is 0 Å². The normalized spacial score (nSPS) is 11.1. The molecular weight excluding hydrogens is 378 g/mol. The summed E-state index contributed by atoms with van der Waals surface area (Å²) >= 11 is 0. The summed E-state index contributed by atoms with van der Waals surface area (Å²) in [4.78, 5) is 11.3. The largest absolute Gasteiger partial charge is 0.314 e. The first kappa shape index (κ1) is 17.9. The van der Waals surface area contributed by atoms with Gasteiger partial charge in [-0.3, -0.25) is 0 Å². The Labute approximate surface area is 172 Å². The van der Waals surface area contributed by atoms with E-state index in [1.54, 1.807) is 6.20 Å². The minimum Gasteiger partial charge on any atom is -0.314 e. The van der Waals surface area contributed by atoms with Crippen LogP contribution in [0.25, 0.3) is 28.2 Å². The van der Waals surface area contributed by atoms with Gasteiger partial charge in [0.1, 0.15) is 11.6 Å². The number of nitrogens with zero attached hydrogens (tertiary/aromatic N) is 8. The van der Waals surface area contributed by atoms with Gasteiger partial charge in [-0.25, -0.2) is 9.97 Å². The van der Waals surface area contributed by atoms with Crippen molar-refractivity contribution in [1.82, 2.24) is 40.2 Å². The third-order valence-corrected chi connectivity index (χ3v) is 5.02. The topological polar surface area (TPSA) is 101 Å². The maximum atomic E-state index is 4.70. The smallest absolute Gasteiger partial charge is 0.205 e. The summed E-state index contributed by atoms with van der Waals surface area (Å²) < 4.78 is 1.82. The van der Waals surface area contributed by atoms with Crippen LogP contribution < -0.4 is 4.90 Å². The molecule has 30 heavy (non-hydrogen) atoms. The molecule has 4 heterocycles. The van der Waals surface area contributed by atoms with Gasteiger partial charge in [-0.15, -0.1) is 10.2 Å². The molecule has 0 saturated heterocycles. The van der Waals surface area contributed by atoms with Crippen molar-refractivity contribution in [2.45, 2.75) is 13.3 Å². The highest BCUT2D eigenvalue weighted by Crippen LogP contribution is 2.31. The molecule has 0 unspecified atom stereocenters. The molecule has 0 bridgehead atoms. The zero-order valence-electron chi connectivity index (χ0n) is 16.6. The lowest BCUT2D eigenvalue weighted by molar-refractivity contribution is 0.881. The Balaban J connectivity index is 1.52. The first-order valence-corrected chi connectivity index (χ1v) is 9.61. The SMILES string of the molecule is CCc1cc(N(C)c2ccc(-c3ccccc3-c3nn[nH]n3)cn2)n2nccc2n1. The van der Waals surface area contributed by atoms with Crippen LogP contribution in [0.2, 0.25) is 0 Å². The van der Waals surface area contributed by atoms with Crippen molar-refractivity contribution >= 4 is 17.3 Å². The molecule has 1 N–H and O–H groups in total. The van der Waals surface area contributed by atoms with Gasteiger partial charge in [0.25, 0.3) is 0 Å². The summed E-state index contributed by atoms with van der Waals surface area (Å²) in [7, 11) is 1.98. The van der Waals surface area contributed by atoms with Crippen molar-refractivity contribution in [2.24, 2.45) is 0 Å². The van der Waals surface area contributed by atoms with E-state index >= 15 is 0 Å². The molecule has 9 heteroatoms. The van der Waals surface area contributed by atoms with Crippen LogP contribution in [0.3, 0.4) is 0 Å². The summed E-state index contributed by atoms with van der Waals surface area (Å²) in [6, 6.07) is 15.9. The summed E-state index contributed by atoms with van der Waals surface area (Å²) in [6.45, 7) is 2.09. The first-order chi connectivity index (χ1) is 14.7. The summed E-state index contributed by atoms with van der Waals surface area (Å²) in [6.07, 6.45) is 4.46. The van der Waals surface area contributed by atoms with E-state index < -0.39 is 0 Å². The van der Waals surface area contributed by atoms with Gasteiger partial charge >= 0.3 is 0 Å². The van der Waals surface area contributed by atoms with Gasteiger partial charge < -0.3 is 4.90 Å². The number of aromatic amines is 1. The lowest BCUT2D eigenvalue weighted by atomic mass is 10.0. The average molecular weight is 397 g/mol. The third kappa shape index (κ3) is 3.06. The highest BCUT2D eigenvalue weighted by molar-refractivity contribution is 5.80. The summed E-state index contributed by atoms with van der Waals surface area (Å²) in [5.41, 5.74) is 4.69. The number of pyridine rings is 1. The Morgan fingerprint density at radius 1 is 1.07 bits per heavy atom. The number of anilines is 2. The Bertz CT molecular complexity index is 1290. The van der Waals surface area contributed by atoms with E-state index in [2.05, 4.69) is 37.6 Å². The van der Waals surface area contributed by atoms with E-state index in [-0.39, 0.29) is 0 Å². The van der Waals surface area contributed by atoms with Crippen LogP contribution in [0.15, 0.2) is 60.9 Å². The van der Waals surface area contributed by atoms with Crippen LogP contribution in [0.5, 0.6) is 0 Å².